The smallest absolute Gasteiger partial charge is 0.238 e. The van der Waals surface area contributed by atoms with Gasteiger partial charge in [-0.1, -0.05) is 24.6 Å². The lowest BCUT2D eigenvalue weighted by molar-refractivity contribution is -0.125. The van der Waals surface area contributed by atoms with Gasteiger partial charge in [-0.2, -0.15) is 4.31 Å². The molecule has 1 aromatic heterocycles. The quantitative estimate of drug-likeness (QED) is 0.861. The number of fused-ring (bicyclic) bond motifs is 1. The summed E-state index contributed by atoms with van der Waals surface area (Å²) in [6, 6.07) is 7.47. The number of amides is 1. The zero-order valence-electron chi connectivity index (χ0n) is 13.8. The molecule has 1 aliphatic heterocycles. The number of hydrogen-bond acceptors (Lipinski definition) is 3. The van der Waals surface area contributed by atoms with Crippen LogP contribution in [0.2, 0.25) is 0 Å². The third kappa shape index (κ3) is 3.62. The van der Waals surface area contributed by atoms with Gasteiger partial charge in [0.15, 0.2) is 0 Å². The van der Waals surface area contributed by atoms with Crippen molar-refractivity contribution < 1.29 is 13.2 Å². The van der Waals surface area contributed by atoms with Crippen molar-refractivity contribution >= 4 is 26.8 Å². The van der Waals surface area contributed by atoms with Crippen molar-refractivity contribution in [3.8, 4) is 0 Å². The molecule has 24 heavy (non-hydrogen) atoms. The Bertz CT molecular complexity index is 828. The maximum Gasteiger partial charge on any atom is 0.238 e. The number of nitrogens with zero attached hydrogens (tertiary/aromatic N) is 1. The van der Waals surface area contributed by atoms with Crippen molar-refractivity contribution in [1.29, 1.82) is 0 Å². The summed E-state index contributed by atoms with van der Waals surface area (Å²) in [6.45, 7) is 0.925. The van der Waals surface area contributed by atoms with Crippen LogP contribution >= 0.6 is 0 Å². The number of benzene rings is 1. The van der Waals surface area contributed by atoms with E-state index in [4.69, 9.17) is 0 Å². The number of aromatic amines is 1. The third-order valence-corrected chi connectivity index (χ3v) is 5.84. The number of para-hydroxylation sites is 1. The van der Waals surface area contributed by atoms with E-state index < -0.39 is 16.1 Å². The first-order chi connectivity index (χ1) is 11.5. The fourth-order valence-corrected chi connectivity index (χ4v) is 4.46. The molecule has 1 aliphatic rings. The molecule has 0 aliphatic carbocycles. The van der Waals surface area contributed by atoms with Gasteiger partial charge in [0, 0.05) is 30.2 Å². The molecule has 1 aromatic carbocycles. The maximum atomic E-state index is 12.4. The second kappa shape index (κ2) is 6.94. The molecule has 0 radical (unpaired) electrons. The van der Waals surface area contributed by atoms with E-state index in [0.717, 1.165) is 29.3 Å². The normalized spacial score (nSPS) is 19.5. The number of carbonyl (C=O) groups excluding carboxylic acids is 1. The number of rotatable bonds is 5. The van der Waals surface area contributed by atoms with E-state index in [-0.39, 0.29) is 5.91 Å². The lowest BCUT2D eigenvalue weighted by Crippen LogP contribution is -2.51. The molecule has 1 fully saturated rings. The van der Waals surface area contributed by atoms with Crippen LogP contribution in [-0.4, -0.2) is 49.0 Å². The fraction of sp³-hybridized carbons (Fsp3) is 0.471. The van der Waals surface area contributed by atoms with Crippen molar-refractivity contribution in [2.75, 3.05) is 19.3 Å². The molecule has 3 rings (SSSR count). The number of aromatic nitrogens is 1. The van der Waals surface area contributed by atoms with Crippen molar-refractivity contribution in [2.45, 2.75) is 31.7 Å². The maximum absolute atomic E-state index is 12.4. The average Bonchev–Trinajstić information content (AvgIpc) is 2.97. The van der Waals surface area contributed by atoms with Crippen LogP contribution in [0, 0.1) is 0 Å². The summed E-state index contributed by atoms with van der Waals surface area (Å²) in [5.74, 6) is -0.194. The first kappa shape index (κ1) is 17.0. The number of hydrogen-bond donors (Lipinski definition) is 2. The Labute approximate surface area is 142 Å². The van der Waals surface area contributed by atoms with Crippen molar-refractivity contribution in [3.05, 3.63) is 36.0 Å². The molecule has 2 N–H and O–H groups in total. The Morgan fingerprint density at radius 3 is 2.92 bits per heavy atom. The molecule has 130 valence electrons. The van der Waals surface area contributed by atoms with Crippen LogP contribution in [0.3, 0.4) is 0 Å². The Kier molecular flexibility index (Phi) is 4.91. The highest BCUT2D eigenvalue weighted by molar-refractivity contribution is 7.88. The molecule has 1 atom stereocenters. The predicted molar refractivity (Wildman–Crippen MR) is 94.2 cm³/mol. The molecule has 0 bridgehead atoms. The Morgan fingerprint density at radius 2 is 2.12 bits per heavy atom. The fourth-order valence-electron chi connectivity index (χ4n) is 3.34. The monoisotopic (exact) mass is 349 g/mol. The first-order valence-electron chi connectivity index (χ1n) is 8.26. The van der Waals surface area contributed by atoms with Crippen LogP contribution in [0.5, 0.6) is 0 Å². The first-order valence-corrected chi connectivity index (χ1v) is 10.1. The zero-order chi connectivity index (χ0) is 17.2. The standard InChI is InChI=1S/C17H23N3O3S/c1-24(22,23)20-11-5-4-8-16(20)17(21)18-10-9-13-12-19-15-7-3-2-6-14(13)15/h2-3,6-7,12,16,19H,4-5,8-11H2,1H3,(H,18,21)/t16-/m0/s1. The Balaban J connectivity index is 1.60. The van der Waals surface area contributed by atoms with Crippen LogP contribution in [0.4, 0.5) is 0 Å². The summed E-state index contributed by atoms with van der Waals surface area (Å²) < 4.78 is 25.0. The van der Waals surface area contributed by atoms with Gasteiger partial charge in [-0.05, 0) is 30.9 Å². The molecule has 7 heteroatoms. The summed E-state index contributed by atoms with van der Waals surface area (Å²) in [6.07, 6.45) is 6.12. The highest BCUT2D eigenvalue weighted by atomic mass is 32.2. The molecular weight excluding hydrogens is 326 g/mol. The summed E-state index contributed by atoms with van der Waals surface area (Å²) in [7, 11) is -3.35. The minimum absolute atomic E-state index is 0.194. The Hall–Kier alpha value is -1.86. The topological polar surface area (TPSA) is 82.3 Å². The minimum atomic E-state index is -3.35. The van der Waals surface area contributed by atoms with E-state index in [2.05, 4.69) is 16.4 Å². The molecule has 1 amide bonds. The second-order valence-corrected chi connectivity index (χ2v) is 8.22. The molecule has 1 saturated heterocycles. The number of H-pyrrole nitrogens is 1. The van der Waals surface area contributed by atoms with Gasteiger partial charge in [0.2, 0.25) is 15.9 Å². The van der Waals surface area contributed by atoms with Crippen LogP contribution in [-0.2, 0) is 21.2 Å². The number of nitrogens with one attached hydrogen (secondary N) is 2. The average molecular weight is 349 g/mol. The van der Waals surface area contributed by atoms with Gasteiger partial charge in [-0.3, -0.25) is 4.79 Å². The van der Waals surface area contributed by atoms with Gasteiger partial charge in [0.05, 0.1) is 6.26 Å². The molecule has 2 aromatic rings. The van der Waals surface area contributed by atoms with Gasteiger partial charge >= 0.3 is 0 Å². The predicted octanol–water partition coefficient (Wildman–Crippen LogP) is 1.64. The highest BCUT2D eigenvalue weighted by Crippen LogP contribution is 2.20. The van der Waals surface area contributed by atoms with Crippen molar-refractivity contribution in [1.82, 2.24) is 14.6 Å². The Morgan fingerprint density at radius 1 is 1.33 bits per heavy atom. The van der Waals surface area contributed by atoms with E-state index in [1.165, 1.54) is 10.6 Å². The number of carbonyl (C=O) groups is 1. The molecule has 6 nitrogen and oxygen atoms in total. The van der Waals surface area contributed by atoms with Crippen LogP contribution in [0.25, 0.3) is 10.9 Å². The lowest BCUT2D eigenvalue weighted by Gasteiger charge is -2.32. The van der Waals surface area contributed by atoms with Gasteiger partial charge in [0.25, 0.3) is 0 Å². The minimum Gasteiger partial charge on any atom is -0.361 e. The molecular formula is C17H23N3O3S. The third-order valence-electron chi connectivity index (χ3n) is 4.55. The van der Waals surface area contributed by atoms with Crippen molar-refractivity contribution in [3.63, 3.8) is 0 Å². The highest BCUT2D eigenvalue weighted by Gasteiger charge is 2.34. The second-order valence-electron chi connectivity index (χ2n) is 6.29. The van der Waals surface area contributed by atoms with Gasteiger partial charge in [-0.25, -0.2) is 8.42 Å². The molecule has 2 heterocycles. The van der Waals surface area contributed by atoms with Crippen LogP contribution in [0.1, 0.15) is 24.8 Å². The van der Waals surface area contributed by atoms with Crippen LogP contribution in [0.15, 0.2) is 30.5 Å². The van der Waals surface area contributed by atoms with E-state index in [9.17, 15) is 13.2 Å². The summed E-state index contributed by atoms with van der Waals surface area (Å²) in [5.41, 5.74) is 2.23. The van der Waals surface area contributed by atoms with Crippen molar-refractivity contribution in [2.24, 2.45) is 0 Å². The van der Waals surface area contributed by atoms with Gasteiger partial charge in [-0.15, -0.1) is 0 Å². The zero-order valence-corrected chi connectivity index (χ0v) is 14.6. The molecule has 0 unspecified atom stereocenters. The number of sulfonamides is 1. The van der Waals surface area contributed by atoms with Gasteiger partial charge in [0.1, 0.15) is 6.04 Å². The van der Waals surface area contributed by atoms with E-state index >= 15 is 0 Å². The van der Waals surface area contributed by atoms with Gasteiger partial charge < -0.3 is 10.3 Å². The SMILES string of the molecule is CS(=O)(=O)N1CCCC[C@H]1C(=O)NCCc1c[nH]c2ccccc12. The summed E-state index contributed by atoms with van der Waals surface area (Å²) in [5, 5.41) is 4.05. The van der Waals surface area contributed by atoms with E-state index in [1.807, 2.05) is 24.4 Å². The number of piperidine rings is 1. The molecule has 0 saturated carbocycles. The molecule has 0 spiro atoms. The van der Waals surface area contributed by atoms with E-state index in [1.54, 1.807) is 0 Å². The summed E-state index contributed by atoms with van der Waals surface area (Å²) >= 11 is 0. The van der Waals surface area contributed by atoms with E-state index in [0.29, 0.717) is 25.9 Å². The largest absolute Gasteiger partial charge is 0.361 e. The van der Waals surface area contributed by atoms with Crippen LogP contribution < -0.4 is 5.32 Å². The lowest BCUT2D eigenvalue weighted by atomic mass is 10.0. The summed E-state index contributed by atoms with van der Waals surface area (Å²) in [4.78, 5) is 15.6.